The van der Waals surface area contributed by atoms with Crippen LogP contribution in [0.25, 0.3) is 0 Å². The van der Waals surface area contributed by atoms with E-state index in [4.69, 9.17) is 0 Å². The van der Waals surface area contributed by atoms with Gasteiger partial charge in [-0.3, -0.25) is 0 Å². The fourth-order valence-electron chi connectivity index (χ4n) is 10.5. The van der Waals surface area contributed by atoms with Crippen LogP contribution in [-0.2, 0) is 0 Å². The second-order valence-electron chi connectivity index (χ2n) is 12.0. The van der Waals surface area contributed by atoms with E-state index in [0.717, 1.165) is 11.8 Å². The van der Waals surface area contributed by atoms with Crippen LogP contribution in [0.4, 0.5) is 0 Å². The summed E-state index contributed by atoms with van der Waals surface area (Å²) in [5.41, 5.74) is 2.88. The summed E-state index contributed by atoms with van der Waals surface area (Å²) in [5.74, 6) is 2.39. The molecular weight excluding hydrogens is 276 g/mol. The standard InChI is InChI=1S/C23H42/c1-14(2)18(8)21(11,17(5,6)7)23(13)20(10)16(4)15(3)19(20,9)22(18,23)12/h14-16H,1-13H3. The van der Waals surface area contributed by atoms with Crippen LogP contribution in [0.1, 0.15) is 90.0 Å². The quantitative estimate of drug-likeness (QED) is 0.486. The normalized spacial score (nSPS) is 64.4. The summed E-state index contributed by atoms with van der Waals surface area (Å²) in [6, 6.07) is 0. The summed E-state index contributed by atoms with van der Waals surface area (Å²) in [6.07, 6.45) is 0. The molecule has 8 atom stereocenters. The van der Waals surface area contributed by atoms with E-state index in [0.29, 0.717) is 43.8 Å². The average molecular weight is 319 g/mol. The van der Waals surface area contributed by atoms with Crippen molar-refractivity contribution in [3.05, 3.63) is 0 Å². The molecule has 0 aromatic carbocycles. The van der Waals surface area contributed by atoms with Crippen LogP contribution < -0.4 is 0 Å². The first-order valence-electron chi connectivity index (χ1n) is 10.0. The monoisotopic (exact) mass is 318 g/mol. The van der Waals surface area contributed by atoms with Gasteiger partial charge in [0, 0.05) is 0 Å². The molecular formula is C23H42. The van der Waals surface area contributed by atoms with Gasteiger partial charge >= 0.3 is 0 Å². The second kappa shape index (κ2) is 3.73. The van der Waals surface area contributed by atoms with Gasteiger partial charge in [-0.05, 0) is 55.7 Å². The topological polar surface area (TPSA) is 0 Å². The molecule has 0 heteroatoms. The van der Waals surface area contributed by atoms with Crippen LogP contribution in [0.5, 0.6) is 0 Å². The summed E-state index contributed by atoms with van der Waals surface area (Å²) in [5, 5.41) is 0. The van der Waals surface area contributed by atoms with Gasteiger partial charge in [-0.2, -0.15) is 0 Å². The highest BCUT2D eigenvalue weighted by Crippen LogP contribution is 3.06. The molecule has 0 aliphatic heterocycles. The number of hydrogen-bond acceptors (Lipinski definition) is 0. The van der Waals surface area contributed by atoms with Crippen molar-refractivity contribution in [3.63, 3.8) is 0 Å². The van der Waals surface area contributed by atoms with Crippen LogP contribution in [0, 0.1) is 55.7 Å². The van der Waals surface area contributed by atoms with E-state index in [1.807, 2.05) is 0 Å². The minimum atomic E-state index is 0.323. The van der Waals surface area contributed by atoms with Gasteiger partial charge < -0.3 is 0 Å². The highest BCUT2D eigenvalue weighted by atomic mass is 15.1. The van der Waals surface area contributed by atoms with E-state index in [1.165, 1.54) is 0 Å². The first-order valence-corrected chi connectivity index (χ1v) is 10.0. The van der Waals surface area contributed by atoms with Gasteiger partial charge in [0.2, 0.25) is 0 Å². The molecule has 0 aromatic rings. The SMILES string of the molecule is CC1C(C)C2(C)C1(C)C1(C)C(C)(C(C)C)C(C)(C(C)(C)C)C21C. The molecule has 3 aliphatic carbocycles. The lowest BCUT2D eigenvalue weighted by Crippen LogP contribution is -3.01. The zero-order chi connectivity index (χ0) is 18.2. The van der Waals surface area contributed by atoms with Gasteiger partial charge in [-0.1, -0.05) is 90.0 Å². The van der Waals surface area contributed by atoms with Crippen LogP contribution in [0.3, 0.4) is 0 Å². The third-order valence-electron chi connectivity index (χ3n) is 12.5. The molecule has 0 amide bonds. The van der Waals surface area contributed by atoms with E-state index in [2.05, 4.69) is 90.0 Å². The maximum atomic E-state index is 2.67. The molecule has 134 valence electrons. The highest BCUT2D eigenvalue weighted by Gasteiger charge is 3.02. The van der Waals surface area contributed by atoms with Crippen LogP contribution in [0.2, 0.25) is 0 Å². The van der Waals surface area contributed by atoms with Crippen LogP contribution in [-0.4, -0.2) is 0 Å². The summed E-state index contributed by atoms with van der Waals surface area (Å²) >= 11 is 0. The molecule has 8 unspecified atom stereocenters. The first kappa shape index (κ1) is 17.8. The number of rotatable bonds is 1. The van der Waals surface area contributed by atoms with Gasteiger partial charge in [0.15, 0.2) is 0 Å². The summed E-state index contributed by atoms with van der Waals surface area (Å²) in [4.78, 5) is 0. The molecule has 0 N–H and O–H groups in total. The Morgan fingerprint density at radius 3 is 1.35 bits per heavy atom. The Hall–Kier alpha value is 0. The minimum Gasteiger partial charge on any atom is -0.0622 e. The van der Waals surface area contributed by atoms with Crippen molar-refractivity contribution in [3.8, 4) is 0 Å². The minimum absolute atomic E-state index is 0.323. The van der Waals surface area contributed by atoms with Crippen molar-refractivity contribution in [2.45, 2.75) is 90.0 Å². The summed E-state index contributed by atoms with van der Waals surface area (Å²) < 4.78 is 0. The van der Waals surface area contributed by atoms with Gasteiger partial charge in [0.05, 0.1) is 0 Å². The van der Waals surface area contributed by atoms with E-state index in [9.17, 15) is 0 Å². The van der Waals surface area contributed by atoms with Gasteiger partial charge in [-0.15, -0.1) is 0 Å². The summed E-state index contributed by atoms with van der Waals surface area (Å²) in [6.45, 7) is 33.5. The van der Waals surface area contributed by atoms with Gasteiger partial charge in [0.25, 0.3) is 0 Å². The fraction of sp³-hybridized carbons (Fsp3) is 1.00. The second-order valence-corrected chi connectivity index (χ2v) is 12.0. The predicted molar refractivity (Wildman–Crippen MR) is 101 cm³/mol. The average Bonchev–Trinajstić information content (AvgIpc) is 2.46. The predicted octanol–water partition coefficient (Wildman–Crippen LogP) is 7.04. The van der Waals surface area contributed by atoms with Gasteiger partial charge in [-0.25, -0.2) is 0 Å². The van der Waals surface area contributed by atoms with Crippen LogP contribution in [0.15, 0.2) is 0 Å². The lowest BCUT2D eigenvalue weighted by atomic mass is 8.98. The maximum Gasteiger partial charge on any atom is -0.0135 e. The highest BCUT2D eigenvalue weighted by molar-refractivity contribution is 5.48. The first-order chi connectivity index (χ1) is 10.0. The Balaban J connectivity index is 2.33. The largest absolute Gasteiger partial charge is 0.0622 e. The Bertz CT molecular complexity index is 567. The Morgan fingerprint density at radius 1 is 0.696 bits per heavy atom. The third kappa shape index (κ3) is 0.996. The smallest absolute Gasteiger partial charge is 0.0135 e. The van der Waals surface area contributed by atoms with Crippen molar-refractivity contribution in [2.24, 2.45) is 55.7 Å². The molecule has 3 rings (SSSR count). The molecule has 0 spiro atoms. The van der Waals surface area contributed by atoms with E-state index in [-0.39, 0.29) is 0 Å². The molecule has 23 heavy (non-hydrogen) atoms. The molecule has 0 nitrogen and oxygen atoms in total. The van der Waals surface area contributed by atoms with Crippen molar-refractivity contribution < 1.29 is 0 Å². The van der Waals surface area contributed by atoms with E-state index < -0.39 is 0 Å². The zero-order valence-electron chi connectivity index (χ0n) is 18.2. The molecule has 0 saturated heterocycles. The van der Waals surface area contributed by atoms with E-state index >= 15 is 0 Å². The van der Waals surface area contributed by atoms with Crippen molar-refractivity contribution >= 4 is 0 Å². The number of hydrogen-bond donors (Lipinski definition) is 0. The van der Waals surface area contributed by atoms with Crippen molar-refractivity contribution in [1.29, 1.82) is 0 Å². The molecule has 3 fully saturated rings. The Kier molecular flexibility index (Phi) is 2.89. The maximum absolute atomic E-state index is 2.67. The third-order valence-corrected chi connectivity index (χ3v) is 12.5. The summed E-state index contributed by atoms with van der Waals surface area (Å²) in [7, 11) is 0. The molecule has 0 bridgehead atoms. The molecule has 3 saturated carbocycles. The van der Waals surface area contributed by atoms with E-state index in [1.54, 1.807) is 0 Å². The molecule has 0 aromatic heterocycles. The number of fused-ring (bicyclic) bond motifs is 4. The van der Waals surface area contributed by atoms with Crippen molar-refractivity contribution in [2.75, 3.05) is 0 Å². The lowest BCUT2D eigenvalue weighted by molar-refractivity contribution is -0.589. The molecule has 0 heterocycles. The zero-order valence-corrected chi connectivity index (χ0v) is 18.2. The Labute approximate surface area is 146 Å². The Morgan fingerprint density at radius 2 is 1.04 bits per heavy atom. The van der Waals surface area contributed by atoms with Crippen LogP contribution >= 0.6 is 0 Å². The molecule has 0 radical (unpaired) electrons. The van der Waals surface area contributed by atoms with Crippen molar-refractivity contribution in [1.82, 2.24) is 0 Å². The fourth-order valence-corrected chi connectivity index (χ4v) is 10.5. The lowest BCUT2D eigenvalue weighted by Gasteiger charge is -3.05. The molecule has 3 aliphatic rings. The van der Waals surface area contributed by atoms with Gasteiger partial charge in [0.1, 0.15) is 0 Å².